The van der Waals surface area contributed by atoms with E-state index < -0.39 is 0 Å². The quantitative estimate of drug-likeness (QED) is 0.593. The fraction of sp³-hybridized carbons (Fsp3) is 0.0588. The second kappa shape index (κ2) is 5.37. The smallest absolute Gasteiger partial charge is 0.231 e. The Morgan fingerprint density at radius 3 is 2.95 bits per heavy atom. The summed E-state index contributed by atoms with van der Waals surface area (Å²) in [5.41, 5.74) is 5.74. The maximum Gasteiger partial charge on any atom is 0.231 e. The third-order valence-electron chi connectivity index (χ3n) is 3.43. The van der Waals surface area contributed by atoms with Gasteiger partial charge in [-0.15, -0.1) is 0 Å². The Morgan fingerprint density at radius 2 is 1.95 bits per heavy atom. The maximum absolute atomic E-state index is 5.35. The highest BCUT2D eigenvalue weighted by Gasteiger charge is 2.12. The monoisotopic (exact) mass is 291 g/mol. The van der Waals surface area contributed by atoms with E-state index in [1.54, 1.807) is 12.4 Å². The Hall–Kier alpha value is -3.08. The van der Waals surface area contributed by atoms with Crippen molar-refractivity contribution in [1.29, 1.82) is 0 Å². The number of fused-ring (bicyclic) bond motifs is 2. The van der Waals surface area contributed by atoms with Gasteiger partial charge in [-0.2, -0.15) is 5.10 Å². The summed E-state index contributed by atoms with van der Waals surface area (Å²) >= 11 is 0. The molecule has 0 saturated heterocycles. The summed E-state index contributed by atoms with van der Waals surface area (Å²) in [6, 6.07) is 15.6. The van der Waals surface area contributed by atoms with Crippen LogP contribution in [0.1, 0.15) is 5.56 Å². The lowest BCUT2D eigenvalue weighted by Crippen LogP contribution is -1.93. The number of anilines is 1. The number of hydrogen-bond donors (Lipinski definition) is 1. The topological polar surface area (TPSA) is 55.7 Å². The zero-order valence-electron chi connectivity index (χ0n) is 11.7. The van der Waals surface area contributed by atoms with Crippen molar-refractivity contribution in [2.45, 2.75) is 0 Å². The number of ether oxygens (including phenoxy) is 2. The van der Waals surface area contributed by atoms with Crippen molar-refractivity contribution in [1.82, 2.24) is 4.98 Å². The number of nitrogens with zero attached hydrogens (tertiary/aromatic N) is 2. The molecule has 2 aromatic carbocycles. The van der Waals surface area contributed by atoms with Crippen LogP contribution in [-0.4, -0.2) is 18.0 Å². The molecule has 1 aliphatic heterocycles. The molecule has 22 heavy (non-hydrogen) atoms. The Balaban J connectivity index is 1.56. The molecular weight excluding hydrogens is 278 g/mol. The van der Waals surface area contributed by atoms with Crippen molar-refractivity contribution in [3.63, 3.8) is 0 Å². The number of pyridine rings is 1. The molecule has 2 heterocycles. The standard InChI is InChI=1S/C17H13N3O2/c1-3-13-4-2-8-18-17(13)14(5-1)20-19-10-12-6-7-15-16(9-12)22-11-21-15/h1-10,20H,11H2/b19-10+. The van der Waals surface area contributed by atoms with Crippen LogP contribution in [0.3, 0.4) is 0 Å². The van der Waals surface area contributed by atoms with Crippen LogP contribution in [0.4, 0.5) is 5.69 Å². The molecule has 0 bridgehead atoms. The first-order valence-corrected chi connectivity index (χ1v) is 6.93. The van der Waals surface area contributed by atoms with Gasteiger partial charge in [0, 0.05) is 11.6 Å². The molecule has 108 valence electrons. The average Bonchev–Trinajstić information content (AvgIpc) is 3.03. The highest BCUT2D eigenvalue weighted by molar-refractivity contribution is 5.90. The van der Waals surface area contributed by atoms with E-state index in [0.29, 0.717) is 0 Å². The second-order valence-corrected chi connectivity index (χ2v) is 4.86. The normalized spacial score (nSPS) is 12.9. The van der Waals surface area contributed by atoms with E-state index in [9.17, 15) is 0 Å². The predicted octanol–water partition coefficient (Wildman–Crippen LogP) is 3.41. The lowest BCUT2D eigenvalue weighted by Gasteiger charge is -2.04. The number of aromatic nitrogens is 1. The van der Waals surface area contributed by atoms with Crippen LogP contribution < -0.4 is 14.9 Å². The largest absolute Gasteiger partial charge is 0.454 e. The lowest BCUT2D eigenvalue weighted by atomic mass is 10.2. The molecule has 0 amide bonds. The van der Waals surface area contributed by atoms with Crippen LogP contribution >= 0.6 is 0 Å². The number of nitrogens with one attached hydrogen (secondary N) is 1. The highest BCUT2D eigenvalue weighted by Crippen LogP contribution is 2.32. The van der Waals surface area contributed by atoms with Crippen LogP contribution in [-0.2, 0) is 0 Å². The molecule has 1 aliphatic rings. The minimum Gasteiger partial charge on any atom is -0.454 e. The summed E-state index contributed by atoms with van der Waals surface area (Å²) in [6.45, 7) is 0.274. The molecule has 0 atom stereocenters. The Kier molecular flexibility index (Phi) is 3.08. The molecule has 1 N–H and O–H groups in total. The second-order valence-electron chi connectivity index (χ2n) is 4.86. The van der Waals surface area contributed by atoms with Gasteiger partial charge in [0.05, 0.1) is 17.4 Å². The fourth-order valence-corrected chi connectivity index (χ4v) is 2.36. The molecule has 4 rings (SSSR count). The fourth-order valence-electron chi connectivity index (χ4n) is 2.36. The summed E-state index contributed by atoms with van der Waals surface area (Å²) in [7, 11) is 0. The molecular formula is C17H13N3O2. The molecule has 1 aromatic heterocycles. The first-order valence-electron chi connectivity index (χ1n) is 6.93. The van der Waals surface area contributed by atoms with Gasteiger partial charge in [-0.1, -0.05) is 18.2 Å². The summed E-state index contributed by atoms with van der Waals surface area (Å²) in [4.78, 5) is 4.38. The maximum atomic E-state index is 5.35. The van der Waals surface area contributed by atoms with E-state index in [1.165, 1.54) is 0 Å². The van der Waals surface area contributed by atoms with Crippen LogP contribution in [0, 0.1) is 0 Å². The number of para-hydroxylation sites is 1. The summed E-state index contributed by atoms with van der Waals surface area (Å²) in [5.74, 6) is 1.51. The van der Waals surface area contributed by atoms with Gasteiger partial charge < -0.3 is 9.47 Å². The molecule has 3 aromatic rings. The molecule has 5 nitrogen and oxygen atoms in total. The Morgan fingerprint density at radius 1 is 1.05 bits per heavy atom. The molecule has 0 aliphatic carbocycles. The van der Waals surface area contributed by atoms with Crippen LogP contribution in [0.2, 0.25) is 0 Å². The number of hydrogen-bond acceptors (Lipinski definition) is 5. The van der Waals surface area contributed by atoms with Crippen LogP contribution in [0.5, 0.6) is 11.5 Å². The van der Waals surface area contributed by atoms with Crippen LogP contribution in [0.15, 0.2) is 59.8 Å². The SMILES string of the molecule is C(=N\Nc1cccc2cccnc12)/c1ccc2c(c1)OCO2. The highest BCUT2D eigenvalue weighted by atomic mass is 16.7. The van der Waals surface area contributed by atoms with Crippen LogP contribution in [0.25, 0.3) is 10.9 Å². The van der Waals surface area contributed by atoms with E-state index in [0.717, 1.165) is 33.7 Å². The molecule has 0 saturated carbocycles. The van der Waals surface area contributed by atoms with E-state index in [1.807, 2.05) is 48.5 Å². The van der Waals surface area contributed by atoms with Crippen molar-refractivity contribution in [3.05, 3.63) is 60.3 Å². The van der Waals surface area contributed by atoms with E-state index >= 15 is 0 Å². The van der Waals surface area contributed by atoms with Gasteiger partial charge in [-0.3, -0.25) is 10.4 Å². The van der Waals surface area contributed by atoms with Crippen molar-refractivity contribution < 1.29 is 9.47 Å². The van der Waals surface area contributed by atoms with Gasteiger partial charge in [0.1, 0.15) is 0 Å². The zero-order valence-corrected chi connectivity index (χ0v) is 11.7. The van der Waals surface area contributed by atoms with Crippen molar-refractivity contribution >= 4 is 22.8 Å². The van der Waals surface area contributed by atoms with Crippen molar-refractivity contribution in [2.75, 3.05) is 12.2 Å². The summed E-state index contributed by atoms with van der Waals surface area (Å²) in [5, 5.41) is 5.35. The van der Waals surface area contributed by atoms with E-state index in [2.05, 4.69) is 15.5 Å². The Bertz CT molecular complexity index is 856. The molecule has 0 radical (unpaired) electrons. The predicted molar refractivity (Wildman–Crippen MR) is 85.5 cm³/mol. The zero-order chi connectivity index (χ0) is 14.8. The molecule has 0 spiro atoms. The number of benzene rings is 2. The number of rotatable bonds is 3. The van der Waals surface area contributed by atoms with E-state index in [4.69, 9.17) is 9.47 Å². The average molecular weight is 291 g/mol. The van der Waals surface area contributed by atoms with Gasteiger partial charge in [0.2, 0.25) is 6.79 Å². The number of hydrazone groups is 1. The van der Waals surface area contributed by atoms with Crippen molar-refractivity contribution in [2.24, 2.45) is 5.10 Å². The van der Waals surface area contributed by atoms with E-state index in [-0.39, 0.29) is 6.79 Å². The minimum absolute atomic E-state index is 0.274. The third kappa shape index (κ3) is 2.33. The van der Waals surface area contributed by atoms with Gasteiger partial charge >= 0.3 is 0 Å². The Labute approximate surface area is 127 Å². The molecule has 0 unspecified atom stereocenters. The van der Waals surface area contributed by atoms with Gasteiger partial charge in [0.25, 0.3) is 0 Å². The molecule has 0 fully saturated rings. The first kappa shape index (κ1) is 12.6. The van der Waals surface area contributed by atoms with Crippen molar-refractivity contribution in [3.8, 4) is 11.5 Å². The van der Waals surface area contributed by atoms with Gasteiger partial charge in [0.15, 0.2) is 11.5 Å². The first-order chi connectivity index (χ1) is 10.9. The summed E-state index contributed by atoms with van der Waals surface area (Å²) < 4.78 is 10.6. The third-order valence-corrected chi connectivity index (χ3v) is 3.43. The van der Waals surface area contributed by atoms with Gasteiger partial charge in [-0.25, -0.2) is 0 Å². The summed E-state index contributed by atoms with van der Waals surface area (Å²) in [6.07, 6.45) is 3.51. The molecule has 5 heteroatoms. The minimum atomic E-state index is 0.274. The van der Waals surface area contributed by atoms with Gasteiger partial charge in [-0.05, 0) is 35.9 Å². The lowest BCUT2D eigenvalue weighted by molar-refractivity contribution is 0.174.